The van der Waals surface area contributed by atoms with Crippen molar-refractivity contribution in [3.8, 4) is 12.8 Å². The molecule has 0 aliphatic carbocycles. The predicted octanol–water partition coefficient (Wildman–Crippen LogP) is 2.69. The van der Waals surface area contributed by atoms with Gasteiger partial charge >= 0.3 is 0 Å². The standard InChI is InChI=1S/2C8H17NO.C2H2.H2S/c2*1-6-4-5-8(9-3)7(2)10-6;1-2;/h2*6-9H,4-5H2,1-3H3;1-2H;1H2/t6-,7+,8-;;;/m0.../s1. The Morgan fingerprint density at radius 2 is 1.00 bits per heavy atom. The molecule has 5 heteroatoms. The fourth-order valence-corrected chi connectivity index (χ4v) is 3.11. The molecule has 2 rings (SSSR count). The van der Waals surface area contributed by atoms with Crippen molar-refractivity contribution in [2.45, 2.75) is 89.9 Å². The molecule has 0 bridgehead atoms. The lowest BCUT2D eigenvalue weighted by Gasteiger charge is -2.32. The molecule has 2 fully saturated rings. The topological polar surface area (TPSA) is 42.5 Å². The van der Waals surface area contributed by atoms with Crippen LogP contribution in [0.15, 0.2) is 0 Å². The van der Waals surface area contributed by atoms with E-state index in [1.54, 1.807) is 0 Å². The quantitative estimate of drug-likeness (QED) is 0.755. The Labute approximate surface area is 150 Å². The summed E-state index contributed by atoms with van der Waals surface area (Å²) in [5, 5.41) is 6.50. The number of ether oxygens (including phenoxy) is 2. The van der Waals surface area contributed by atoms with E-state index in [1.807, 2.05) is 14.1 Å². The molecule has 2 aliphatic heterocycles. The highest BCUT2D eigenvalue weighted by Gasteiger charge is 2.24. The number of rotatable bonds is 2. The minimum Gasteiger partial charge on any atom is -0.374 e. The Hall–Kier alpha value is -0.250. The van der Waals surface area contributed by atoms with Gasteiger partial charge < -0.3 is 20.1 Å². The molecule has 4 nitrogen and oxygen atoms in total. The van der Waals surface area contributed by atoms with Crippen LogP contribution in [0.3, 0.4) is 0 Å². The van der Waals surface area contributed by atoms with Gasteiger partial charge in [-0.2, -0.15) is 13.5 Å². The lowest BCUT2D eigenvalue weighted by Crippen LogP contribution is -2.43. The van der Waals surface area contributed by atoms with Gasteiger partial charge in [-0.25, -0.2) is 0 Å². The zero-order valence-electron chi connectivity index (χ0n) is 15.8. The van der Waals surface area contributed by atoms with E-state index in [2.05, 4.69) is 51.2 Å². The van der Waals surface area contributed by atoms with Crippen LogP contribution in [0.5, 0.6) is 0 Å². The molecule has 2 saturated heterocycles. The third-order valence-corrected chi connectivity index (χ3v) is 4.54. The monoisotopic (exact) mass is 346 g/mol. The van der Waals surface area contributed by atoms with Crippen molar-refractivity contribution in [1.82, 2.24) is 10.6 Å². The van der Waals surface area contributed by atoms with E-state index in [0.717, 1.165) is 0 Å². The van der Waals surface area contributed by atoms with Gasteiger partial charge in [-0.15, -0.1) is 12.8 Å². The summed E-state index contributed by atoms with van der Waals surface area (Å²) in [5.41, 5.74) is 0. The first-order valence-electron chi connectivity index (χ1n) is 8.46. The van der Waals surface area contributed by atoms with Gasteiger partial charge in [0, 0.05) is 12.1 Å². The zero-order valence-corrected chi connectivity index (χ0v) is 16.8. The van der Waals surface area contributed by atoms with Crippen LogP contribution >= 0.6 is 13.5 Å². The number of terminal acetylenes is 1. The minimum atomic E-state index is 0. The largest absolute Gasteiger partial charge is 0.374 e. The van der Waals surface area contributed by atoms with Crippen LogP contribution < -0.4 is 10.6 Å². The van der Waals surface area contributed by atoms with Crippen LogP contribution in [-0.4, -0.2) is 50.6 Å². The lowest BCUT2D eigenvalue weighted by molar-refractivity contribution is -0.0479. The van der Waals surface area contributed by atoms with E-state index in [1.165, 1.54) is 25.7 Å². The second kappa shape index (κ2) is 14.1. The van der Waals surface area contributed by atoms with Gasteiger partial charge in [-0.1, -0.05) is 0 Å². The number of likely N-dealkylation sites (N-methyl/N-ethyl adjacent to an activating group) is 2. The number of nitrogens with one attached hydrogen (secondary N) is 2. The summed E-state index contributed by atoms with van der Waals surface area (Å²) in [6.07, 6.45) is 14.6. The van der Waals surface area contributed by atoms with E-state index >= 15 is 0 Å². The van der Waals surface area contributed by atoms with Crippen LogP contribution in [0.1, 0.15) is 53.4 Å². The molecule has 2 aliphatic rings. The predicted molar refractivity (Wildman–Crippen MR) is 104 cm³/mol. The summed E-state index contributed by atoms with van der Waals surface area (Å²) in [6.45, 7) is 8.55. The molecule has 0 spiro atoms. The van der Waals surface area contributed by atoms with E-state index in [4.69, 9.17) is 9.47 Å². The molecule has 0 aromatic rings. The molecule has 3 unspecified atom stereocenters. The van der Waals surface area contributed by atoms with E-state index in [0.29, 0.717) is 36.5 Å². The first-order valence-corrected chi connectivity index (χ1v) is 8.46. The van der Waals surface area contributed by atoms with E-state index < -0.39 is 0 Å². The second-order valence-electron chi connectivity index (χ2n) is 6.25. The van der Waals surface area contributed by atoms with Crippen molar-refractivity contribution in [1.29, 1.82) is 0 Å². The average molecular weight is 347 g/mol. The third-order valence-electron chi connectivity index (χ3n) is 4.54. The molecule has 6 atom stereocenters. The summed E-state index contributed by atoms with van der Waals surface area (Å²) in [6, 6.07) is 1.13. The van der Waals surface area contributed by atoms with Gasteiger partial charge in [0.15, 0.2) is 0 Å². The van der Waals surface area contributed by atoms with Crippen molar-refractivity contribution in [3.05, 3.63) is 0 Å². The molecular formula is C18H38N2O2S. The third kappa shape index (κ3) is 9.59. The summed E-state index contributed by atoms with van der Waals surface area (Å²) >= 11 is 0. The Morgan fingerprint density at radius 1 is 0.696 bits per heavy atom. The first kappa shape index (κ1) is 25.0. The second-order valence-corrected chi connectivity index (χ2v) is 6.25. The first-order chi connectivity index (χ1) is 10.5. The lowest BCUT2D eigenvalue weighted by atomic mass is 10.0. The molecule has 0 saturated carbocycles. The van der Waals surface area contributed by atoms with Gasteiger partial charge in [0.2, 0.25) is 0 Å². The van der Waals surface area contributed by atoms with Crippen LogP contribution in [0.25, 0.3) is 0 Å². The highest BCUT2D eigenvalue weighted by Crippen LogP contribution is 2.18. The molecular weight excluding hydrogens is 308 g/mol. The van der Waals surface area contributed by atoms with Crippen LogP contribution in [-0.2, 0) is 9.47 Å². The van der Waals surface area contributed by atoms with Gasteiger partial charge in [-0.3, -0.25) is 0 Å². The minimum absolute atomic E-state index is 0. The van der Waals surface area contributed by atoms with Gasteiger partial charge in [0.05, 0.1) is 24.4 Å². The summed E-state index contributed by atoms with van der Waals surface area (Å²) in [7, 11) is 4.00. The molecule has 0 aromatic carbocycles. The Morgan fingerprint density at radius 3 is 1.22 bits per heavy atom. The highest BCUT2D eigenvalue weighted by atomic mass is 32.1. The van der Waals surface area contributed by atoms with Crippen molar-refractivity contribution < 1.29 is 9.47 Å². The van der Waals surface area contributed by atoms with E-state index in [-0.39, 0.29) is 13.5 Å². The fraction of sp³-hybridized carbons (Fsp3) is 0.889. The number of hydrogen-bond donors (Lipinski definition) is 2. The van der Waals surface area contributed by atoms with Crippen LogP contribution in [0.2, 0.25) is 0 Å². The molecule has 0 amide bonds. The maximum Gasteiger partial charge on any atom is 0.0703 e. The summed E-state index contributed by atoms with van der Waals surface area (Å²) in [4.78, 5) is 0. The smallest absolute Gasteiger partial charge is 0.0703 e. The molecule has 2 heterocycles. The van der Waals surface area contributed by atoms with E-state index in [9.17, 15) is 0 Å². The molecule has 138 valence electrons. The van der Waals surface area contributed by atoms with Gasteiger partial charge in [0.25, 0.3) is 0 Å². The maximum atomic E-state index is 5.63. The fourth-order valence-electron chi connectivity index (χ4n) is 3.11. The highest BCUT2D eigenvalue weighted by molar-refractivity contribution is 7.59. The van der Waals surface area contributed by atoms with Crippen molar-refractivity contribution in [3.63, 3.8) is 0 Å². The molecule has 2 N–H and O–H groups in total. The summed E-state index contributed by atoms with van der Waals surface area (Å²) < 4.78 is 11.3. The van der Waals surface area contributed by atoms with Gasteiger partial charge in [-0.05, 0) is 67.5 Å². The number of hydrogen-bond acceptors (Lipinski definition) is 4. The Balaban J connectivity index is 0. The maximum absolute atomic E-state index is 5.63. The average Bonchev–Trinajstić information content (AvgIpc) is 2.50. The molecule has 23 heavy (non-hydrogen) atoms. The normalized spacial score (nSPS) is 36.3. The molecule has 0 radical (unpaired) electrons. The molecule has 0 aromatic heterocycles. The SMILES string of the molecule is C#C.CNC1CCC(C)OC1C.CN[C@H]1CC[C@H](C)O[C@@H]1C.S. The van der Waals surface area contributed by atoms with Crippen molar-refractivity contribution in [2.24, 2.45) is 0 Å². The van der Waals surface area contributed by atoms with Crippen molar-refractivity contribution in [2.75, 3.05) is 14.1 Å². The zero-order chi connectivity index (χ0) is 17.1. The van der Waals surface area contributed by atoms with Crippen LogP contribution in [0.4, 0.5) is 0 Å². The Bertz CT molecular complexity index is 276. The van der Waals surface area contributed by atoms with Crippen LogP contribution in [0, 0.1) is 12.8 Å². The van der Waals surface area contributed by atoms with Gasteiger partial charge in [0.1, 0.15) is 0 Å². The Kier molecular flexibility index (Phi) is 15.3. The van der Waals surface area contributed by atoms with Crippen molar-refractivity contribution >= 4 is 13.5 Å². The summed E-state index contributed by atoms with van der Waals surface area (Å²) in [5.74, 6) is 0.